The first-order valence-corrected chi connectivity index (χ1v) is 8.41. The van der Waals surface area contributed by atoms with E-state index >= 15 is 0 Å². The average Bonchev–Trinajstić information content (AvgIpc) is 2.74. The van der Waals surface area contributed by atoms with Crippen molar-refractivity contribution in [1.29, 1.82) is 0 Å². The largest absolute Gasteiger partial charge is 0.486 e. The van der Waals surface area contributed by atoms with Gasteiger partial charge in [0.1, 0.15) is 23.1 Å². The zero-order valence-electron chi connectivity index (χ0n) is 10.2. The second-order valence-electron chi connectivity index (χ2n) is 3.94. The number of hydrogen-bond acceptors (Lipinski definition) is 4. The van der Waals surface area contributed by atoms with E-state index in [9.17, 15) is 12.8 Å². The fraction of sp³-hybridized carbons (Fsp3) is 0.182. The molecule has 0 spiro atoms. The minimum absolute atomic E-state index is 0.168. The number of rotatable bonds is 4. The van der Waals surface area contributed by atoms with Crippen LogP contribution in [0, 0.1) is 5.82 Å². The predicted molar refractivity (Wildman–Crippen MR) is 74.7 cm³/mol. The Labute approximate surface area is 127 Å². The van der Waals surface area contributed by atoms with Crippen LogP contribution in [0.15, 0.2) is 34.0 Å². The summed E-state index contributed by atoms with van der Waals surface area (Å²) in [5, 5.41) is 0. The van der Waals surface area contributed by atoms with Crippen molar-refractivity contribution < 1.29 is 17.5 Å². The van der Waals surface area contributed by atoms with Crippen LogP contribution in [0.3, 0.4) is 0 Å². The van der Waals surface area contributed by atoms with Gasteiger partial charge in [-0.1, -0.05) is 0 Å². The Morgan fingerprint density at radius 1 is 1.50 bits per heavy atom. The lowest BCUT2D eigenvalue weighted by Gasteiger charge is -2.10. The first-order chi connectivity index (χ1) is 9.29. The van der Waals surface area contributed by atoms with Crippen LogP contribution in [0.1, 0.15) is 5.69 Å². The molecule has 0 radical (unpaired) electrons. The van der Waals surface area contributed by atoms with Crippen molar-refractivity contribution in [3.05, 3.63) is 40.6 Å². The summed E-state index contributed by atoms with van der Waals surface area (Å²) >= 11 is 3.12. The summed E-state index contributed by atoms with van der Waals surface area (Å²) in [7, 11) is 2.78. The van der Waals surface area contributed by atoms with Gasteiger partial charge in [0.15, 0.2) is 0 Å². The number of imidazole rings is 1. The Kier molecular flexibility index (Phi) is 4.36. The predicted octanol–water partition coefficient (Wildman–Crippen LogP) is 2.83. The lowest BCUT2D eigenvalue weighted by molar-refractivity contribution is 0.293. The van der Waals surface area contributed by atoms with Crippen molar-refractivity contribution in [2.24, 2.45) is 7.05 Å². The maximum absolute atomic E-state index is 13.7. The van der Waals surface area contributed by atoms with Gasteiger partial charge in [0.05, 0.1) is 22.7 Å². The van der Waals surface area contributed by atoms with E-state index in [1.807, 2.05) is 0 Å². The fourth-order valence-electron chi connectivity index (χ4n) is 1.48. The Morgan fingerprint density at radius 2 is 2.20 bits per heavy atom. The van der Waals surface area contributed by atoms with Crippen LogP contribution in [-0.2, 0) is 22.7 Å². The van der Waals surface area contributed by atoms with E-state index < -0.39 is 19.8 Å². The molecule has 9 heteroatoms. The monoisotopic (exact) mass is 382 g/mol. The van der Waals surface area contributed by atoms with Crippen LogP contribution in [0.5, 0.6) is 5.75 Å². The van der Waals surface area contributed by atoms with E-state index in [0.29, 0.717) is 4.47 Å². The average molecular weight is 384 g/mol. The smallest absolute Gasteiger partial charge is 0.264 e. The third kappa shape index (κ3) is 3.31. The summed E-state index contributed by atoms with van der Waals surface area (Å²) in [5.41, 5.74) is 0.784. The maximum atomic E-state index is 13.7. The van der Waals surface area contributed by atoms with Crippen LogP contribution >= 0.6 is 26.6 Å². The van der Waals surface area contributed by atoms with Crippen LogP contribution in [0.4, 0.5) is 4.39 Å². The summed E-state index contributed by atoms with van der Waals surface area (Å²) in [5.74, 6) is -0.795. The molecule has 1 heterocycles. The van der Waals surface area contributed by atoms with E-state index in [4.69, 9.17) is 15.4 Å². The molecule has 1 aromatic carbocycles. The van der Waals surface area contributed by atoms with Gasteiger partial charge in [-0.05, 0) is 22.0 Å². The highest BCUT2D eigenvalue weighted by atomic mass is 79.9. The van der Waals surface area contributed by atoms with E-state index in [-0.39, 0.29) is 12.4 Å². The van der Waals surface area contributed by atoms with Gasteiger partial charge in [0.2, 0.25) is 0 Å². The molecule has 20 heavy (non-hydrogen) atoms. The number of halogens is 3. The molecular weight excluding hydrogens is 375 g/mol. The molecule has 2 aromatic rings. The topological polar surface area (TPSA) is 61.2 Å². The lowest BCUT2D eigenvalue weighted by Crippen LogP contribution is -2.03. The minimum Gasteiger partial charge on any atom is -0.486 e. The molecule has 0 saturated carbocycles. The highest BCUT2D eigenvalue weighted by Crippen LogP contribution is 2.32. The molecule has 0 amide bonds. The maximum Gasteiger partial charge on any atom is 0.264 e. The van der Waals surface area contributed by atoms with Gasteiger partial charge in [0.25, 0.3) is 9.05 Å². The Hall–Kier alpha value is -1.12. The number of ether oxygens (including phenoxy) is 1. The third-order valence-corrected chi connectivity index (χ3v) is 4.50. The zero-order chi connectivity index (χ0) is 14.9. The molecule has 0 unspecified atom stereocenters. The van der Waals surface area contributed by atoms with Crippen molar-refractivity contribution in [2.75, 3.05) is 0 Å². The molecule has 5 nitrogen and oxygen atoms in total. The molecule has 108 valence electrons. The second-order valence-corrected chi connectivity index (χ2v) is 7.32. The quantitative estimate of drug-likeness (QED) is 0.762. The molecule has 2 rings (SSSR count). The molecule has 0 aliphatic carbocycles. The summed E-state index contributed by atoms with van der Waals surface area (Å²) < 4.78 is 43.5. The van der Waals surface area contributed by atoms with Crippen molar-refractivity contribution >= 4 is 35.7 Å². The first-order valence-electron chi connectivity index (χ1n) is 5.30. The van der Waals surface area contributed by atoms with Crippen molar-refractivity contribution in [3.8, 4) is 5.75 Å². The van der Waals surface area contributed by atoms with E-state index in [1.54, 1.807) is 24.1 Å². The van der Waals surface area contributed by atoms with Crippen molar-refractivity contribution in [2.45, 2.75) is 11.5 Å². The van der Waals surface area contributed by atoms with E-state index in [0.717, 1.165) is 17.8 Å². The van der Waals surface area contributed by atoms with Gasteiger partial charge >= 0.3 is 0 Å². The third-order valence-electron chi connectivity index (χ3n) is 2.54. The van der Waals surface area contributed by atoms with Crippen LogP contribution in [0.2, 0.25) is 0 Å². The van der Waals surface area contributed by atoms with Crippen LogP contribution < -0.4 is 4.74 Å². The fourth-order valence-corrected chi connectivity index (χ4v) is 3.00. The minimum atomic E-state index is -4.14. The molecule has 0 aliphatic rings. The normalized spacial score (nSPS) is 11.6. The molecule has 1 aromatic heterocycles. The van der Waals surface area contributed by atoms with Gasteiger partial charge in [-0.15, -0.1) is 0 Å². The number of nitrogens with zero attached hydrogens (tertiary/aromatic N) is 2. The number of hydrogen-bond donors (Lipinski definition) is 0. The number of aromatic nitrogens is 2. The van der Waals surface area contributed by atoms with Crippen molar-refractivity contribution in [1.82, 2.24) is 9.55 Å². The van der Waals surface area contributed by atoms with E-state index in [1.165, 1.54) is 0 Å². The summed E-state index contributed by atoms with van der Waals surface area (Å²) in [6.45, 7) is 0.168. The Bertz CT molecular complexity index is 748. The standard InChI is InChI=1S/C11H9BrClFN2O3S/c1-16-6-15-4-7(16)5-19-10-3-9(14)11(2-8(10)12)20(13,17)18/h2-4,6H,5H2,1H3. The summed E-state index contributed by atoms with van der Waals surface area (Å²) in [6, 6.07) is 2.03. The highest BCUT2D eigenvalue weighted by Gasteiger charge is 2.19. The van der Waals surface area contributed by atoms with Gasteiger partial charge < -0.3 is 9.30 Å². The highest BCUT2D eigenvalue weighted by molar-refractivity contribution is 9.10. The van der Waals surface area contributed by atoms with Crippen molar-refractivity contribution in [3.63, 3.8) is 0 Å². The van der Waals surface area contributed by atoms with E-state index in [2.05, 4.69) is 20.9 Å². The summed E-state index contributed by atoms with van der Waals surface area (Å²) in [6.07, 6.45) is 3.22. The zero-order valence-corrected chi connectivity index (χ0v) is 13.3. The molecule has 0 bridgehead atoms. The number of benzene rings is 1. The molecule has 0 saturated heterocycles. The van der Waals surface area contributed by atoms with Gasteiger partial charge in [-0.25, -0.2) is 17.8 Å². The molecular formula is C11H9BrClFN2O3S. The first kappa shape index (κ1) is 15.3. The van der Waals surface area contributed by atoms with Crippen LogP contribution in [0.25, 0.3) is 0 Å². The number of aryl methyl sites for hydroxylation is 1. The second kappa shape index (κ2) is 5.71. The van der Waals surface area contributed by atoms with Crippen LogP contribution in [-0.4, -0.2) is 18.0 Å². The summed E-state index contributed by atoms with van der Waals surface area (Å²) in [4.78, 5) is 3.32. The van der Waals surface area contributed by atoms with Gasteiger partial charge in [0, 0.05) is 23.8 Å². The van der Waals surface area contributed by atoms with Gasteiger partial charge in [-0.2, -0.15) is 0 Å². The Morgan fingerprint density at radius 3 is 2.75 bits per heavy atom. The lowest BCUT2D eigenvalue weighted by atomic mass is 10.3. The SMILES string of the molecule is Cn1cncc1COc1cc(F)c(S(=O)(=O)Cl)cc1Br. The Balaban J connectivity index is 2.26. The molecule has 0 N–H and O–H groups in total. The molecule has 0 atom stereocenters. The van der Waals surface area contributed by atoms with Gasteiger partial charge in [-0.3, -0.25) is 0 Å². The molecule has 0 aliphatic heterocycles. The molecule has 0 fully saturated rings.